The molecule has 0 saturated carbocycles. The summed E-state index contributed by atoms with van der Waals surface area (Å²) < 4.78 is 0. The fraction of sp³-hybridized carbons (Fsp3) is 0.0870. The molecule has 0 spiro atoms. The van der Waals surface area contributed by atoms with Crippen LogP contribution in [0.25, 0.3) is 10.9 Å². The van der Waals surface area contributed by atoms with Crippen LogP contribution >= 0.6 is 23.2 Å². The van der Waals surface area contributed by atoms with E-state index in [9.17, 15) is 9.90 Å². The average Bonchev–Trinajstić information content (AvgIpc) is 3.25. The van der Waals surface area contributed by atoms with Gasteiger partial charge in [0, 0.05) is 38.3 Å². The number of carbonyl (C=O) groups is 1. The van der Waals surface area contributed by atoms with E-state index in [4.69, 9.17) is 23.2 Å². The van der Waals surface area contributed by atoms with Gasteiger partial charge in [-0.05, 0) is 29.8 Å². The third-order valence-electron chi connectivity index (χ3n) is 5.46. The van der Waals surface area contributed by atoms with Crippen molar-refractivity contribution in [3.05, 3.63) is 99.7 Å². The molecule has 3 aromatic carbocycles. The molecular formula is C23H16Cl2N2O2. The number of hydrogen-bond acceptors (Lipinski definition) is 2. The topological polar surface area (TPSA) is 56.3 Å². The van der Waals surface area contributed by atoms with Crippen molar-refractivity contribution < 1.29 is 9.90 Å². The molecule has 144 valence electrons. The molecule has 1 atom stereocenters. The number of rotatable bonds is 3. The van der Waals surface area contributed by atoms with Gasteiger partial charge in [-0.2, -0.15) is 0 Å². The molecule has 1 aliphatic heterocycles. The Kier molecular flexibility index (Phi) is 4.17. The number of benzene rings is 3. The summed E-state index contributed by atoms with van der Waals surface area (Å²) in [6, 6.07) is 20.1. The van der Waals surface area contributed by atoms with Gasteiger partial charge in [-0.25, -0.2) is 0 Å². The third kappa shape index (κ3) is 2.68. The molecule has 1 aromatic heterocycles. The Morgan fingerprint density at radius 2 is 1.72 bits per heavy atom. The Bertz CT molecular complexity index is 1270. The van der Waals surface area contributed by atoms with Gasteiger partial charge >= 0.3 is 0 Å². The largest absolute Gasteiger partial charge is 0.372 e. The summed E-state index contributed by atoms with van der Waals surface area (Å²) in [5.41, 5.74) is 1.59. The van der Waals surface area contributed by atoms with Gasteiger partial charge < -0.3 is 15.0 Å². The highest BCUT2D eigenvalue weighted by atomic mass is 35.5. The number of H-pyrrole nitrogens is 1. The number of aliphatic hydroxyl groups is 1. The number of halogens is 2. The number of carbonyl (C=O) groups excluding carboxylic acids is 1. The van der Waals surface area contributed by atoms with Crippen molar-refractivity contribution in [2.75, 3.05) is 4.90 Å². The number of hydrogen-bond donors (Lipinski definition) is 2. The number of nitrogens with one attached hydrogen (secondary N) is 1. The zero-order valence-corrected chi connectivity index (χ0v) is 16.7. The first-order chi connectivity index (χ1) is 14.0. The minimum atomic E-state index is -1.78. The molecule has 0 bridgehead atoms. The third-order valence-corrected chi connectivity index (χ3v) is 6.05. The van der Waals surface area contributed by atoms with Gasteiger partial charge in [0.25, 0.3) is 5.91 Å². The molecular weight excluding hydrogens is 407 g/mol. The van der Waals surface area contributed by atoms with E-state index < -0.39 is 11.5 Å². The van der Waals surface area contributed by atoms with E-state index >= 15 is 0 Å². The molecule has 2 N–H and O–H groups in total. The fourth-order valence-electron chi connectivity index (χ4n) is 4.04. The lowest BCUT2D eigenvalue weighted by molar-refractivity contribution is -0.132. The Hall–Kier alpha value is -2.79. The van der Waals surface area contributed by atoms with Crippen LogP contribution in [-0.4, -0.2) is 16.0 Å². The van der Waals surface area contributed by atoms with Gasteiger partial charge in [0.1, 0.15) is 0 Å². The summed E-state index contributed by atoms with van der Waals surface area (Å²) in [6.07, 6.45) is 1.71. The Balaban J connectivity index is 1.66. The van der Waals surface area contributed by atoms with E-state index in [0.29, 0.717) is 26.9 Å². The minimum Gasteiger partial charge on any atom is -0.372 e. The lowest BCUT2D eigenvalue weighted by Gasteiger charge is -2.23. The van der Waals surface area contributed by atoms with Crippen molar-refractivity contribution in [3.8, 4) is 0 Å². The van der Waals surface area contributed by atoms with E-state index in [1.54, 1.807) is 35.4 Å². The standard InChI is InChI=1S/C23H16Cl2N2O2/c24-15-10-9-14(19(25)11-15)13-27-21-8-4-2-6-17(21)23(29,22(27)28)18-12-26-20-7-3-1-5-16(18)20/h1-12,26,29H,13H2/t23-/m1/s1. The average molecular weight is 423 g/mol. The highest BCUT2D eigenvalue weighted by Gasteiger charge is 2.52. The van der Waals surface area contributed by atoms with Crippen molar-refractivity contribution in [1.29, 1.82) is 0 Å². The van der Waals surface area contributed by atoms with Gasteiger partial charge in [-0.1, -0.05) is 65.7 Å². The SMILES string of the molecule is O=C1N(Cc2ccc(Cl)cc2Cl)c2ccccc2[C@@]1(O)c1c[nH]c2ccccc12. The second-order valence-electron chi connectivity index (χ2n) is 7.10. The van der Waals surface area contributed by atoms with Crippen molar-refractivity contribution in [1.82, 2.24) is 4.98 Å². The molecule has 1 amide bonds. The van der Waals surface area contributed by atoms with Gasteiger partial charge in [-0.3, -0.25) is 4.79 Å². The van der Waals surface area contributed by atoms with Crippen molar-refractivity contribution >= 4 is 45.7 Å². The maximum Gasteiger partial charge on any atom is 0.268 e. The number of para-hydroxylation sites is 2. The fourth-order valence-corrected chi connectivity index (χ4v) is 4.51. The van der Waals surface area contributed by atoms with E-state index in [1.165, 1.54) is 0 Å². The number of nitrogens with zero attached hydrogens (tertiary/aromatic N) is 1. The summed E-state index contributed by atoms with van der Waals surface area (Å²) in [6.45, 7) is 0.233. The maximum atomic E-state index is 13.6. The summed E-state index contributed by atoms with van der Waals surface area (Å²) in [7, 11) is 0. The summed E-state index contributed by atoms with van der Waals surface area (Å²) in [5, 5.41) is 13.6. The number of fused-ring (bicyclic) bond motifs is 2. The van der Waals surface area contributed by atoms with Gasteiger partial charge in [0.05, 0.1) is 12.2 Å². The summed E-state index contributed by atoms with van der Waals surface area (Å²) >= 11 is 12.3. The molecule has 0 unspecified atom stereocenters. The molecule has 29 heavy (non-hydrogen) atoms. The summed E-state index contributed by atoms with van der Waals surface area (Å²) in [5.74, 6) is -0.408. The monoisotopic (exact) mass is 422 g/mol. The maximum absolute atomic E-state index is 13.6. The van der Waals surface area contributed by atoms with E-state index in [-0.39, 0.29) is 6.54 Å². The lowest BCUT2D eigenvalue weighted by atomic mass is 9.87. The number of aromatic nitrogens is 1. The molecule has 0 saturated heterocycles. The van der Waals surface area contributed by atoms with E-state index in [0.717, 1.165) is 16.5 Å². The van der Waals surface area contributed by atoms with Crippen LogP contribution in [0.3, 0.4) is 0 Å². The highest BCUT2D eigenvalue weighted by Crippen LogP contribution is 2.47. The van der Waals surface area contributed by atoms with E-state index in [2.05, 4.69) is 4.98 Å². The predicted molar refractivity (Wildman–Crippen MR) is 115 cm³/mol. The first-order valence-corrected chi connectivity index (χ1v) is 9.90. The highest BCUT2D eigenvalue weighted by molar-refractivity contribution is 6.35. The molecule has 5 rings (SSSR count). The molecule has 0 radical (unpaired) electrons. The van der Waals surface area contributed by atoms with Gasteiger partial charge in [-0.15, -0.1) is 0 Å². The quantitative estimate of drug-likeness (QED) is 0.473. The number of anilines is 1. The van der Waals surface area contributed by atoms with Crippen LogP contribution < -0.4 is 4.90 Å². The molecule has 6 heteroatoms. The van der Waals surface area contributed by atoms with Gasteiger partial charge in [0.2, 0.25) is 0 Å². The van der Waals surface area contributed by atoms with Crippen LogP contribution in [-0.2, 0) is 16.9 Å². The Morgan fingerprint density at radius 3 is 2.55 bits per heavy atom. The molecule has 2 heterocycles. The zero-order valence-electron chi connectivity index (χ0n) is 15.2. The molecule has 0 fully saturated rings. The second-order valence-corrected chi connectivity index (χ2v) is 7.95. The second kappa shape index (κ2) is 6.63. The van der Waals surface area contributed by atoms with Gasteiger partial charge in [0.15, 0.2) is 5.60 Å². The first kappa shape index (κ1) is 18.3. The Labute approximate surface area is 177 Å². The van der Waals surface area contributed by atoms with E-state index in [1.807, 2.05) is 42.5 Å². The Morgan fingerprint density at radius 1 is 0.966 bits per heavy atom. The van der Waals surface area contributed by atoms with Crippen LogP contribution in [0.4, 0.5) is 5.69 Å². The van der Waals surface area contributed by atoms with Crippen LogP contribution in [0.2, 0.25) is 10.0 Å². The molecule has 0 aliphatic carbocycles. The smallest absolute Gasteiger partial charge is 0.268 e. The van der Waals surface area contributed by atoms with Crippen LogP contribution in [0, 0.1) is 0 Å². The van der Waals surface area contributed by atoms with Crippen LogP contribution in [0.1, 0.15) is 16.7 Å². The predicted octanol–water partition coefficient (Wildman–Crippen LogP) is 5.26. The number of amides is 1. The van der Waals surface area contributed by atoms with Crippen LogP contribution in [0.5, 0.6) is 0 Å². The lowest BCUT2D eigenvalue weighted by Crippen LogP contribution is -2.40. The molecule has 4 aromatic rings. The molecule has 4 nitrogen and oxygen atoms in total. The summed E-state index contributed by atoms with van der Waals surface area (Å²) in [4.78, 5) is 18.3. The normalized spacial score (nSPS) is 18.4. The first-order valence-electron chi connectivity index (χ1n) is 9.14. The number of aromatic amines is 1. The van der Waals surface area contributed by atoms with Crippen molar-refractivity contribution in [2.45, 2.75) is 12.1 Å². The van der Waals surface area contributed by atoms with Crippen molar-refractivity contribution in [3.63, 3.8) is 0 Å². The minimum absolute atomic E-state index is 0.233. The van der Waals surface area contributed by atoms with Crippen molar-refractivity contribution in [2.24, 2.45) is 0 Å². The molecule has 1 aliphatic rings. The zero-order chi connectivity index (χ0) is 20.2. The van der Waals surface area contributed by atoms with Crippen LogP contribution in [0.15, 0.2) is 72.9 Å².